The molecule has 0 radical (unpaired) electrons. The average Bonchev–Trinajstić information content (AvgIpc) is 2.67. The van der Waals surface area contributed by atoms with Crippen LogP contribution in [0.15, 0.2) is 18.2 Å². The van der Waals surface area contributed by atoms with E-state index in [9.17, 15) is 4.79 Å². The summed E-state index contributed by atoms with van der Waals surface area (Å²) in [6.45, 7) is 3.99. The summed E-state index contributed by atoms with van der Waals surface area (Å²) < 4.78 is 5.26. The summed E-state index contributed by atoms with van der Waals surface area (Å²) >= 11 is 0. The molecule has 1 heterocycles. The van der Waals surface area contributed by atoms with Gasteiger partial charge in [-0.25, -0.2) is 0 Å². The Balaban J connectivity index is 2.08. The number of amides is 1. The van der Waals surface area contributed by atoms with Gasteiger partial charge < -0.3 is 15.4 Å². The van der Waals surface area contributed by atoms with Crippen LogP contribution in [0.2, 0.25) is 0 Å². The van der Waals surface area contributed by atoms with E-state index in [1.54, 1.807) is 7.11 Å². The van der Waals surface area contributed by atoms with Gasteiger partial charge in [-0.05, 0) is 51.4 Å². The van der Waals surface area contributed by atoms with Gasteiger partial charge in [-0.15, -0.1) is 0 Å². The van der Waals surface area contributed by atoms with E-state index < -0.39 is 0 Å². The molecule has 1 aromatic rings. The highest BCUT2D eigenvalue weighted by Crippen LogP contribution is 2.20. The first-order valence-corrected chi connectivity index (χ1v) is 6.87. The summed E-state index contributed by atoms with van der Waals surface area (Å²) in [4.78, 5) is 12.3. The topological polar surface area (TPSA) is 50.4 Å². The molecule has 2 rings (SSSR count). The smallest absolute Gasteiger partial charge is 0.255 e. The minimum Gasteiger partial charge on any atom is -0.496 e. The van der Waals surface area contributed by atoms with Crippen molar-refractivity contribution < 1.29 is 9.53 Å². The first-order valence-electron chi connectivity index (χ1n) is 6.87. The maximum absolute atomic E-state index is 12.3. The summed E-state index contributed by atoms with van der Waals surface area (Å²) in [5, 5.41) is 6.46. The van der Waals surface area contributed by atoms with Crippen LogP contribution in [0.25, 0.3) is 0 Å². The van der Waals surface area contributed by atoms with Crippen molar-refractivity contribution in [3.05, 3.63) is 29.3 Å². The molecule has 0 aromatic heterocycles. The average molecular weight is 262 g/mol. The zero-order valence-corrected chi connectivity index (χ0v) is 11.7. The van der Waals surface area contributed by atoms with E-state index >= 15 is 0 Å². The van der Waals surface area contributed by atoms with E-state index in [-0.39, 0.29) is 11.9 Å². The van der Waals surface area contributed by atoms with Crippen LogP contribution in [0.1, 0.15) is 35.2 Å². The van der Waals surface area contributed by atoms with Crippen molar-refractivity contribution in [1.29, 1.82) is 0 Å². The number of nitrogens with one attached hydrogen (secondary N) is 2. The van der Waals surface area contributed by atoms with E-state index in [1.807, 2.05) is 25.1 Å². The van der Waals surface area contributed by atoms with Crippen molar-refractivity contribution >= 4 is 5.91 Å². The van der Waals surface area contributed by atoms with Crippen LogP contribution < -0.4 is 15.4 Å². The third kappa shape index (κ3) is 3.70. The lowest BCUT2D eigenvalue weighted by Crippen LogP contribution is -2.35. The molecule has 1 atom stereocenters. The number of hydrogen-bond acceptors (Lipinski definition) is 3. The van der Waals surface area contributed by atoms with Gasteiger partial charge in [0.1, 0.15) is 5.75 Å². The number of aryl methyl sites for hydroxylation is 1. The van der Waals surface area contributed by atoms with Crippen LogP contribution in [-0.4, -0.2) is 32.1 Å². The van der Waals surface area contributed by atoms with Crippen molar-refractivity contribution in [1.82, 2.24) is 10.6 Å². The molecule has 1 amide bonds. The Morgan fingerprint density at radius 1 is 1.37 bits per heavy atom. The van der Waals surface area contributed by atoms with Crippen molar-refractivity contribution in [2.24, 2.45) is 0 Å². The zero-order chi connectivity index (χ0) is 13.7. The third-order valence-electron chi connectivity index (χ3n) is 3.51. The summed E-state index contributed by atoms with van der Waals surface area (Å²) in [5.74, 6) is 0.599. The van der Waals surface area contributed by atoms with Gasteiger partial charge in [-0.3, -0.25) is 4.79 Å². The number of carbonyl (C=O) groups excluding carboxylic acids is 1. The Bertz CT molecular complexity index is 438. The third-order valence-corrected chi connectivity index (χ3v) is 3.51. The molecule has 2 N–H and O–H groups in total. The fraction of sp³-hybridized carbons (Fsp3) is 0.533. The monoisotopic (exact) mass is 262 g/mol. The molecule has 1 saturated heterocycles. The van der Waals surface area contributed by atoms with Crippen molar-refractivity contribution in [2.45, 2.75) is 32.2 Å². The predicted molar refractivity (Wildman–Crippen MR) is 75.7 cm³/mol. The fourth-order valence-electron chi connectivity index (χ4n) is 2.43. The molecule has 4 heteroatoms. The molecule has 0 saturated carbocycles. The number of methoxy groups -OCH3 is 1. The fourth-order valence-corrected chi connectivity index (χ4v) is 2.43. The number of ether oxygens (including phenoxy) is 1. The number of carbonyl (C=O) groups is 1. The quantitative estimate of drug-likeness (QED) is 0.874. The summed E-state index contributed by atoms with van der Waals surface area (Å²) in [7, 11) is 1.59. The van der Waals surface area contributed by atoms with E-state index in [0.717, 1.165) is 37.9 Å². The lowest BCUT2D eigenvalue weighted by atomic mass is 10.1. The largest absolute Gasteiger partial charge is 0.496 e. The molecule has 1 aliphatic heterocycles. The lowest BCUT2D eigenvalue weighted by Gasteiger charge is -2.17. The second kappa shape index (κ2) is 6.57. The van der Waals surface area contributed by atoms with Crippen molar-refractivity contribution in [3.63, 3.8) is 0 Å². The molecule has 1 unspecified atom stereocenters. The zero-order valence-electron chi connectivity index (χ0n) is 11.7. The molecule has 1 aromatic carbocycles. The van der Waals surface area contributed by atoms with Gasteiger partial charge in [-0.2, -0.15) is 0 Å². The van der Waals surface area contributed by atoms with Crippen LogP contribution in [-0.2, 0) is 0 Å². The van der Waals surface area contributed by atoms with Crippen LogP contribution >= 0.6 is 0 Å². The van der Waals surface area contributed by atoms with E-state index in [0.29, 0.717) is 11.3 Å². The second-order valence-electron chi connectivity index (χ2n) is 5.06. The SMILES string of the molecule is COc1ccc(C)cc1C(=O)NC1CCCNCC1. The second-order valence-corrected chi connectivity index (χ2v) is 5.06. The van der Waals surface area contributed by atoms with Gasteiger partial charge in [0.25, 0.3) is 5.91 Å². The van der Waals surface area contributed by atoms with Gasteiger partial charge in [0.05, 0.1) is 12.7 Å². The Kier molecular flexibility index (Phi) is 4.80. The highest BCUT2D eigenvalue weighted by Gasteiger charge is 2.18. The summed E-state index contributed by atoms with van der Waals surface area (Å²) in [6, 6.07) is 5.93. The van der Waals surface area contributed by atoms with Gasteiger partial charge in [0.2, 0.25) is 0 Å². The molecule has 104 valence electrons. The Morgan fingerprint density at radius 3 is 3.00 bits per heavy atom. The highest BCUT2D eigenvalue weighted by atomic mass is 16.5. The van der Waals surface area contributed by atoms with E-state index in [1.165, 1.54) is 0 Å². The number of benzene rings is 1. The molecular weight excluding hydrogens is 240 g/mol. The predicted octanol–water partition coefficient (Wildman–Crippen LogP) is 1.88. The molecule has 19 heavy (non-hydrogen) atoms. The van der Waals surface area contributed by atoms with E-state index in [2.05, 4.69) is 10.6 Å². The van der Waals surface area contributed by atoms with Crippen LogP contribution in [0.3, 0.4) is 0 Å². The van der Waals surface area contributed by atoms with Gasteiger partial charge in [0.15, 0.2) is 0 Å². The molecule has 1 fully saturated rings. The maximum Gasteiger partial charge on any atom is 0.255 e. The normalized spacial score (nSPS) is 19.6. The standard InChI is InChI=1S/C15H22N2O2/c1-11-5-6-14(19-2)13(10-11)15(18)17-12-4-3-8-16-9-7-12/h5-6,10,12,16H,3-4,7-9H2,1-2H3,(H,17,18). The Morgan fingerprint density at radius 2 is 2.21 bits per heavy atom. The Hall–Kier alpha value is -1.55. The first-order chi connectivity index (χ1) is 9.20. The van der Waals surface area contributed by atoms with Crippen LogP contribution in [0.4, 0.5) is 0 Å². The number of rotatable bonds is 3. The summed E-state index contributed by atoms with van der Waals surface area (Å²) in [5.41, 5.74) is 1.69. The summed E-state index contributed by atoms with van der Waals surface area (Å²) in [6.07, 6.45) is 3.13. The first kappa shape index (κ1) is 13.9. The van der Waals surface area contributed by atoms with Gasteiger partial charge in [0, 0.05) is 6.04 Å². The molecule has 1 aliphatic rings. The maximum atomic E-state index is 12.3. The minimum atomic E-state index is -0.0348. The van der Waals surface area contributed by atoms with Gasteiger partial charge >= 0.3 is 0 Å². The van der Waals surface area contributed by atoms with Crippen LogP contribution in [0.5, 0.6) is 5.75 Å². The van der Waals surface area contributed by atoms with Crippen molar-refractivity contribution in [2.75, 3.05) is 20.2 Å². The molecule has 0 aliphatic carbocycles. The highest BCUT2D eigenvalue weighted by molar-refractivity contribution is 5.97. The van der Waals surface area contributed by atoms with Gasteiger partial charge in [-0.1, -0.05) is 11.6 Å². The van der Waals surface area contributed by atoms with E-state index in [4.69, 9.17) is 4.74 Å². The number of hydrogen-bond donors (Lipinski definition) is 2. The minimum absolute atomic E-state index is 0.0348. The molecular formula is C15H22N2O2. The molecule has 0 bridgehead atoms. The Labute approximate surface area is 114 Å². The van der Waals surface area contributed by atoms with Crippen molar-refractivity contribution in [3.8, 4) is 5.75 Å². The lowest BCUT2D eigenvalue weighted by molar-refractivity contribution is 0.0931. The molecule has 4 nitrogen and oxygen atoms in total. The van der Waals surface area contributed by atoms with Crippen LogP contribution in [0, 0.1) is 6.92 Å². The molecule has 0 spiro atoms.